The summed E-state index contributed by atoms with van der Waals surface area (Å²) in [6.45, 7) is 5.93. The Balaban J connectivity index is 1.76. The van der Waals surface area contributed by atoms with Gasteiger partial charge in [0.1, 0.15) is 12.7 Å². The summed E-state index contributed by atoms with van der Waals surface area (Å²) in [5, 5.41) is 3.51. The highest BCUT2D eigenvalue weighted by atomic mass is 16.6. The molecule has 0 aromatic heterocycles. The maximum Gasteiger partial charge on any atom is 0.161 e. The lowest BCUT2D eigenvalue weighted by Gasteiger charge is -2.27. The fraction of sp³-hybridized carbons (Fsp3) is 0.600. The molecule has 1 heterocycles. The van der Waals surface area contributed by atoms with Crippen molar-refractivity contribution in [3.63, 3.8) is 0 Å². The molecule has 0 radical (unpaired) electrons. The summed E-state index contributed by atoms with van der Waals surface area (Å²) < 4.78 is 11.6. The fourth-order valence-electron chi connectivity index (χ4n) is 2.11. The monoisotopic (exact) mass is 249 g/mol. The molecular weight excluding hydrogens is 226 g/mol. The number of unbranched alkanes of at least 4 members (excludes halogenated alkanes) is 1. The number of ether oxygens (including phenoxy) is 2. The molecule has 0 fully saturated rings. The third kappa shape index (κ3) is 3.64. The molecular formula is C15H23NO2. The van der Waals surface area contributed by atoms with Crippen molar-refractivity contribution >= 4 is 0 Å². The van der Waals surface area contributed by atoms with Crippen LogP contribution in [0.5, 0.6) is 11.5 Å². The van der Waals surface area contributed by atoms with Crippen molar-refractivity contribution in [2.45, 2.75) is 45.3 Å². The van der Waals surface area contributed by atoms with Crippen molar-refractivity contribution in [1.82, 2.24) is 5.32 Å². The highest BCUT2D eigenvalue weighted by molar-refractivity contribution is 5.40. The first-order chi connectivity index (χ1) is 8.79. The summed E-state index contributed by atoms with van der Waals surface area (Å²) in [6, 6.07) is 8.39. The first kappa shape index (κ1) is 13.2. The van der Waals surface area contributed by atoms with Crippen molar-refractivity contribution in [3.05, 3.63) is 24.3 Å². The van der Waals surface area contributed by atoms with E-state index < -0.39 is 0 Å². The van der Waals surface area contributed by atoms with Crippen LogP contribution in [0.2, 0.25) is 0 Å². The molecule has 2 rings (SSSR count). The third-order valence-electron chi connectivity index (χ3n) is 3.25. The summed E-state index contributed by atoms with van der Waals surface area (Å²) in [4.78, 5) is 0. The van der Waals surface area contributed by atoms with E-state index in [1.807, 2.05) is 24.3 Å². The van der Waals surface area contributed by atoms with Crippen LogP contribution in [0.3, 0.4) is 0 Å². The number of nitrogens with one attached hydrogen (secondary N) is 1. The van der Waals surface area contributed by atoms with Crippen LogP contribution in [-0.2, 0) is 0 Å². The van der Waals surface area contributed by atoms with Gasteiger partial charge in [-0.2, -0.15) is 0 Å². The zero-order valence-corrected chi connectivity index (χ0v) is 11.3. The Morgan fingerprint density at radius 1 is 1.33 bits per heavy atom. The van der Waals surface area contributed by atoms with E-state index in [-0.39, 0.29) is 6.10 Å². The van der Waals surface area contributed by atoms with Crippen LogP contribution < -0.4 is 14.8 Å². The van der Waals surface area contributed by atoms with Gasteiger partial charge in [-0.1, -0.05) is 31.9 Å². The molecule has 1 N–H and O–H groups in total. The molecule has 0 saturated carbocycles. The lowest BCUT2D eigenvalue weighted by molar-refractivity contribution is 0.0883. The largest absolute Gasteiger partial charge is 0.486 e. The van der Waals surface area contributed by atoms with Gasteiger partial charge in [-0.15, -0.1) is 0 Å². The molecule has 0 spiro atoms. The van der Waals surface area contributed by atoms with Crippen LogP contribution in [0.1, 0.15) is 33.1 Å². The average molecular weight is 249 g/mol. The van der Waals surface area contributed by atoms with Gasteiger partial charge in [0.25, 0.3) is 0 Å². The second kappa shape index (κ2) is 6.64. The lowest BCUT2D eigenvalue weighted by Crippen LogP contribution is -2.41. The molecule has 1 aliphatic rings. The van der Waals surface area contributed by atoms with E-state index in [1.54, 1.807) is 0 Å². The molecule has 3 nitrogen and oxygen atoms in total. The standard InChI is InChI=1S/C15H23NO2/c1-3-4-7-12(2)16-10-13-11-17-14-8-5-6-9-15(14)18-13/h5-6,8-9,12-13,16H,3-4,7,10-11H2,1-2H3. The van der Waals surface area contributed by atoms with Gasteiger partial charge in [-0.25, -0.2) is 0 Å². The molecule has 1 aromatic carbocycles. The predicted molar refractivity (Wildman–Crippen MR) is 73.3 cm³/mol. The van der Waals surface area contributed by atoms with Gasteiger partial charge in [0, 0.05) is 12.6 Å². The second-order valence-electron chi connectivity index (χ2n) is 4.95. The van der Waals surface area contributed by atoms with Crippen molar-refractivity contribution in [3.8, 4) is 11.5 Å². The molecule has 100 valence electrons. The van der Waals surface area contributed by atoms with Crippen molar-refractivity contribution in [2.24, 2.45) is 0 Å². The highest BCUT2D eigenvalue weighted by Gasteiger charge is 2.20. The van der Waals surface area contributed by atoms with Gasteiger partial charge in [-0.3, -0.25) is 0 Å². The van der Waals surface area contributed by atoms with Crippen molar-refractivity contribution in [1.29, 1.82) is 0 Å². The van der Waals surface area contributed by atoms with Gasteiger partial charge in [0.05, 0.1) is 0 Å². The molecule has 2 unspecified atom stereocenters. The first-order valence-electron chi connectivity index (χ1n) is 6.91. The quantitative estimate of drug-likeness (QED) is 0.840. The SMILES string of the molecule is CCCCC(C)NCC1COc2ccccc2O1. The van der Waals surface area contributed by atoms with Crippen LogP contribution in [0, 0.1) is 0 Å². The minimum atomic E-state index is 0.115. The average Bonchev–Trinajstić information content (AvgIpc) is 2.42. The highest BCUT2D eigenvalue weighted by Crippen LogP contribution is 2.30. The van der Waals surface area contributed by atoms with Crippen LogP contribution in [0.25, 0.3) is 0 Å². The number of rotatable bonds is 6. The molecule has 0 amide bonds. The van der Waals surface area contributed by atoms with E-state index in [4.69, 9.17) is 9.47 Å². The van der Waals surface area contributed by atoms with Crippen LogP contribution >= 0.6 is 0 Å². The van der Waals surface area contributed by atoms with E-state index in [2.05, 4.69) is 19.2 Å². The Morgan fingerprint density at radius 2 is 2.11 bits per heavy atom. The number of hydrogen-bond acceptors (Lipinski definition) is 3. The summed E-state index contributed by atoms with van der Waals surface area (Å²) in [5.74, 6) is 1.71. The Morgan fingerprint density at radius 3 is 2.89 bits per heavy atom. The Bertz CT molecular complexity index is 367. The molecule has 1 aliphatic heterocycles. The van der Waals surface area contributed by atoms with E-state index in [0.717, 1.165) is 18.0 Å². The van der Waals surface area contributed by atoms with E-state index >= 15 is 0 Å². The van der Waals surface area contributed by atoms with Crippen molar-refractivity contribution < 1.29 is 9.47 Å². The maximum absolute atomic E-state index is 5.90. The number of hydrogen-bond donors (Lipinski definition) is 1. The third-order valence-corrected chi connectivity index (χ3v) is 3.25. The van der Waals surface area contributed by atoms with Gasteiger partial charge in [-0.05, 0) is 25.5 Å². The van der Waals surface area contributed by atoms with Crippen molar-refractivity contribution in [2.75, 3.05) is 13.2 Å². The summed E-state index contributed by atoms with van der Waals surface area (Å²) in [7, 11) is 0. The fourth-order valence-corrected chi connectivity index (χ4v) is 2.11. The Labute approximate surface area is 109 Å². The van der Waals surface area contributed by atoms with Crippen LogP contribution in [-0.4, -0.2) is 25.3 Å². The maximum atomic E-state index is 5.90. The van der Waals surface area contributed by atoms with E-state index in [9.17, 15) is 0 Å². The lowest BCUT2D eigenvalue weighted by atomic mass is 10.1. The second-order valence-corrected chi connectivity index (χ2v) is 4.95. The zero-order chi connectivity index (χ0) is 12.8. The Hall–Kier alpha value is -1.22. The normalized spacial score (nSPS) is 19.6. The van der Waals surface area contributed by atoms with Gasteiger partial charge >= 0.3 is 0 Å². The number of para-hydroxylation sites is 2. The van der Waals surface area contributed by atoms with Crippen LogP contribution in [0.15, 0.2) is 24.3 Å². The minimum absolute atomic E-state index is 0.115. The smallest absolute Gasteiger partial charge is 0.161 e. The Kier molecular flexibility index (Phi) is 4.88. The van der Waals surface area contributed by atoms with Gasteiger partial charge in [0.2, 0.25) is 0 Å². The van der Waals surface area contributed by atoms with Crippen LogP contribution in [0.4, 0.5) is 0 Å². The minimum Gasteiger partial charge on any atom is -0.486 e. The number of benzene rings is 1. The first-order valence-corrected chi connectivity index (χ1v) is 6.91. The van der Waals surface area contributed by atoms with Gasteiger partial charge < -0.3 is 14.8 Å². The number of fused-ring (bicyclic) bond motifs is 1. The molecule has 18 heavy (non-hydrogen) atoms. The topological polar surface area (TPSA) is 30.5 Å². The summed E-state index contributed by atoms with van der Waals surface area (Å²) in [5.41, 5.74) is 0. The zero-order valence-electron chi connectivity index (χ0n) is 11.3. The molecule has 0 bridgehead atoms. The molecule has 0 aliphatic carbocycles. The predicted octanol–water partition coefficient (Wildman–Crippen LogP) is 2.99. The molecule has 0 saturated heterocycles. The van der Waals surface area contributed by atoms with E-state index in [0.29, 0.717) is 12.6 Å². The van der Waals surface area contributed by atoms with E-state index in [1.165, 1.54) is 19.3 Å². The summed E-state index contributed by atoms with van der Waals surface area (Å²) in [6.07, 6.45) is 3.87. The summed E-state index contributed by atoms with van der Waals surface area (Å²) >= 11 is 0. The molecule has 1 aromatic rings. The molecule has 3 heteroatoms. The molecule has 2 atom stereocenters. The van der Waals surface area contributed by atoms with Gasteiger partial charge in [0.15, 0.2) is 11.5 Å².